The maximum absolute atomic E-state index is 12.6. The van der Waals surface area contributed by atoms with Gasteiger partial charge in [-0.3, -0.25) is 4.90 Å². The van der Waals surface area contributed by atoms with E-state index >= 15 is 0 Å². The second-order valence-corrected chi connectivity index (χ2v) is 9.35. The number of aliphatic hydroxyl groups excluding tert-OH is 1. The Bertz CT molecular complexity index is 1220. The van der Waals surface area contributed by atoms with E-state index in [1.165, 1.54) is 29.4 Å². The van der Waals surface area contributed by atoms with Gasteiger partial charge in [0.05, 0.1) is 20.8 Å². The van der Waals surface area contributed by atoms with Crippen LogP contribution in [0.25, 0.3) is 23.3 Å². The van der Waals surface area contributed by atoms with E-state index in [4.69, 9.17) is 9.47 Å². The zero-order valence-corrected chi connectivity index (χ0v) is 21.4. The first-order valence-electron chi connectivity index (χ1n) is 12.5. The van der Waals surface area contributed by atoms with Crippen LogP contribution >= 0.6 is 0 Å². The van der Waals surface area contributed by atoms with Crippen molar-refractivity contribution in [2.24, 2.45) is 0 Å². The molecule has 0 aliphatic carbocycles. The molecule has 0 radical (unpaired) electrons. The summed E-state index contributed by atoms with van der Waals surface area (Å²) in [4.78, 5) is 14.7. The van der Waals surface area contributed by atoms with E-state index in [9.17, 15) is 9.90 Å². The average molecular weight is 486 g/mol. The number of rotatable bonds is 8. The highest BCUT2D eigenvalue weighted by atomic mass is 16.5. The molecule has 36 heavy (non-hydrogen) atoms. The van der Waals surface area contributed by atoms with Gasteiger partial charge in [-0.15, -0.1) is 0 Å². The number of hydrogen-bond acceptors (Lipinski definition) is 5. The van der Waals surface area contributed by atoms with E-state index < -0.39 is 5.54 Å². The van der Waals surface area contributed by atoms with Gasteiger partial charge in [-0.05, 0) is 66.6 Å². The van der Waals surface area contributed by atoms with Gasteiger partial charge in [-0.1, -0.05) is 72.8 Å². The van der Waals surface area contributed by atoms with Crippen LogP contribution < -0.4 is 4.74 Å². The van der Waals surface area contributed by atoms with Gasteiger partial charge in [-0.2, -0.15) is 0 Å². The van der Waals surface area contributed by atoms with Crippen molar-refractivity contribution in [1.29, 1.82) is 0 Å². The molecule has 1 atom stereocenters. The fourth-order valence-corrected chi connectivity index (χ4v) is 5.14. The molecule has 0 saturated carbocycles. The van der Waals surface area contributed by atoms with Crippen LogP contribution in [0.2, 0.25) is 0 Å². The zero-order chi connectivity index (χ0) is 25.5. The molecule has 0 spiro atoms. The lowest BCUT2D eigenvalue weighted by atomic mass is 9.86. The summed E-state index contributed by atoms with van der Waals surface area (Å²) in [5.41, 5.74) is 5.83. The molecule has 3 aromatic rings. The molecule has 1 aliphatic heterocycles. The van der Waals surface area contributed by atoms with Crippen LogP contribution in [-0.4, -0.2) is 48.9 Å². The molecular formula is C31H35NO4. The van der Waals surface area contributed by atoms with Crippen molar-refractivity contribution in [2.75, 3.05) is 27.4 Å². The average Bonchev–Trinajstić information content (AvgIpc) is 2.93. The molecule has 1 aliphatic rings. The second-order valence-electron chi connectivity index (χ2n) is 9.35. The number of ether oxygens (including phenoxy) is 2. The van der Waals surface area contributed by atoms with Crippen molar-refractivity contribution in [3.63, 3.8) is 0 Å². The van der Waals surface area contributed by atoms with Crippen LogP contribution in [0.4, 0.5) is 0 Å². The van der Waals surface area contributed by atoms with Crippen molar-refractivity contribution < 1.29 is 19.4 Å². The van der Waals surface area contributed by atoms with Gasteiger partial charge in [0.15, 0.2) is 0 Å². The van der Waals surface area contributed by atoms with Crippen molar-refractivity contribution in [3.05, 3.63) is 89.0 Å². The largest absolute Gasteiger partial charge is 0.496 e. The quantitative estimate of drug-likeness (QED) is 0.326. The zero-order valence-electron chi connectivity index (χ0n) is 21.4. The number of esters is 1. The summed E-state index contributed by atoms with van der Waals surface area (Å²) in [6, 6.07) is 22.9. The van der Waals surface area contributed by atoms with Crippen LogP contribution in [0.3, 0.4) is 0 Å². The normalized spacial score (nSPS) is 18.3. The second kappa shape index (κ2) is 11.5. The minimum atomic E-state index is -1.00. The number of nitrogens with zero attached hydrogens (tertiary/aromatic N) is 1. The maximum Gasteiger partial charge on any atom is 0.328 e. The number of hydrogen-bond donors (Lipinski definition) is 1. The summed E-state index contributed by atoms with van der Waals surface area (Å²) >= 11 is 0. The van der Waals surface area contributed by atoms with Crippen molar-refractivity contribution in [2.45, 2.75) is 38.3 Å². The molecule has 188 valence electrons. The fourth-order valence-electron chi connectivity index (χ4n) is 5.14. The van der Waals surface area contributed by atoms with Crippen molar-refractivity contribution in [3.8, 4) is 16.9 Å². The highest BCUT2D eigenvalue weighted by molar-refractivity contribution is 5.81. The lowest BCUT2D eigenvalue weighted by molar-refractivity contribution is -0.162. The number of likely N-dealkylation sites (tertiary alicyclic amines) is 1. The highest BCUT2D eigenvalue weighted by Gasteiger charge is 2.46. The van der Waals surface area contributed by atoms with Gasteiger partial charge < -0.3 is 14.6 Å². The third kappa shape index (κ3) is 5.23. The first kappa shape index (κ1) is 25.7. The molecule has 1 N–H and O–H groups in total. The topological polar surface area (TPSA) is 59.0 Å². The SMILES string of the molecule is COC(=O)C1(CO)CCCCN1Cc1ccc(/C=C/c2cccc(-c3ccccc3)c2C)cc1OC. The molecule has 1 saturated heterocycles. The first-order chi connectivity index (χ1) is 17.5. The molecule has 0 aromatic heterocycles. The predicted molar refractivity (Wildman–Crippen MR) is 145 cm³/mol. The molecule has 0 bridgehead atoms. The summed E-state index contributed by atoms with van der Waals surface area (Å²) in [6.07, 6.45) is 6.67. The van der Waals surface area contributed by atoms with E-state index in [0.29, 0.717) is 13.0 Å². The van der Waals surface area contributed by atoms with Gasteiger partial charge in [0, 0.05) is 12.1 Å². The number of carbonyl (C=O) groups is 1. The van der Waals surface area contributed by atoms with Gasteiger partial charge >= 0.3 is 5.97 Å². The van der Waals surface area contributed by atoms with Gasteiger partial charge in [-0.25, -0.2) is 4.79 Å². The molecule has 5 nitrogen and oxygen atoms in total. The van der Waals surface area contributed by atoms with E-state index in [2.05, 4.69) is 67.6 Å². The minimum Gasteiger partial charge on any atom is -0.496 e. The first-order valence-corrected chi connectivity index (χ1v) is 12.5. The number of piperidine rings is 1. The fraction of sp³-hybridized carbons (Fsp3) is 0.323. The monoisotopic (exact) mass is 485 g/mol. The summed E-state index contributed by atoms with van der Waals surface area (Å²) < 4.78 is 10.8. The van der Waals surface area contributed by atoms with Crippen LogP contribution in [0.15, 0.2) is 66.7 Å². The molecule has 1 unspecified atom stereocenters. The number of methoxy groups -OCH3 is 2. The van der Waals surface area contributed by atoms with E-state index in [1.807, 2.05) is 23.1 Å². The Labute approximate surface area is 214 Å². The molecule has 1 heterocycles. The van der Waals surface area contributed by atoms with Gasteiger partial charge in [0.1, 0.15) is 11.3 Å². The number of benzene rings is 3. The van der Waals surface area contributed by atoms with Crippen LogP contribution in [0, 0.1) is 6.92 Å². The van der Waals surface area contributed by atoms with Crippen molar-refractivity contribution >= 4 is 18.1 Å². The highest BCUT2D eigenvalue weighted by Crippen LogP contribution is 2.33. The molecule has 5 heteroatoms. The summed E-state index contributed by atoms with van der Waals surface area (Å²) in [5.74, 6) is 0.380. The number of carbonyl (C=O) groups excluding carboxylic acids is 1. The van der Waals surface area contributed by atoms with E-state index in [1.54, 1.807) is 7.11 Å². The Balaban J connectivity index is 1.57. The smallest absolute Gasteiger partial charge is 0.328 e. The Hall–Kier alpha value is -3.41. The van der Waals surface area contributed by atoms with Crippen LogP contribution in [-0.2, 0) is 16.1 Å². The standard InChI is InChI=1S/C31H35NO4/c1-23-25(12-9-13-28(23)26-10-5-4-6-11-26)16-14-24-15-17-27(29(20-24)35-2)21-32-19-8-7-18-31(32,22-33)30(34)36-3/h4-6,9-17,20,33H,7-8,18-19,21-22H2,1-3H3/b16-14+. The maximum atomic E-state index is 12.6. The van der Waals surface area contributed by atoms with Crippen LogP contribution in [0.5, 0.6) is 5.75 Å². The molecular weight excluding hydrogens is 450 g/mol. The molecule has 1 fully saturated rings. The Morgan fingerprint density at radius 1 is 1.03 bits per heavy atom. The van der Waals surface area contributed by atoms with Crippen molar-refractivity contribution in [1.82, 2.24) is 4.90 Å². The third-order valence-corrected chi connectivity index (χ3v) is 7.29. The minimum absolute atomic E-state index is 0.260. The third-order valence-electron chi connectivity index (χ3n) is 7.29. The Morgan fingerprint density at radius 3 is 2.56 bits per heavy atom. The Morgan fingerprint density at radius 2 is 1.83 bits per heavy atom. The van der Waals surface area contributed by atoms with Crippen LogP contribution in [0.1, 0.15) is 41.5 Å². The number of aliphatic hydroxyl groups is 1. The van der Waals surface area contributed by atoms with E-state index in [0.717, 1.165) is 36.3 Å². The molecule has 3 aromatic carbocycles. The van der Waals surface area contributed by atoms with Gasteiger partial charge in [0.25, 0.3) is 0 Å². The van der Waals surface area contributed by atoms with E-state index in [-0.39, 0.29) is 12.6 Å². The summed E-state index contributed by atoms with van der Waals surface area (Å²) in [6.45, 7) is 3.11. The predicted octanol–water partition coefficient (Wildman–Crippen LogP) is 5.73. The molecule has 0 amide bonds. The lowest BCUT2D eigenvalue weighted by Crippen LogP contribution is -2.59. The lowest BCUT2D eigenvalue weighted by Gasteiger charge is -2.43. The Kier molecular flexibility index (Phi) is 8.24. The van der Waals surface area contributed by atoms with Gasteiger partial charge in [0.2, 0.25) is 0 Å². The summed E-state index contributed by atoms with van der Waals surface area (Å²) in [5, 5.41) is 10.2. The summed E-state index contributed by atoms with van der Waals surface area (Å²) in [7, 11) is 3.04. The molecule has 4 rings (SSSR count).